The minimum atomic E-state index is -0.505. The van der Waals surface area contributed by atoms with Crippen LogP contribution in [0.1, 0.15) is 17.3 Å². The van der Waals surface area contributed by atoms with E-state index in [0.717, 1.165) is 0 Å². The van der Waals surface area contributed by atoms with Crippen LogP contribution in [0.2, 0.25) is 0 Å². The quantitative estimate of drug-likeness (QED) is 0.505. The van der Waals surface area contributed by atoms with Crippen molar-refractivity contribution in [1.29, 1.82) is 0 Å². The van der Waals surface area contributed by atoms with E-state index in [1.807, 2.05) is 0 Å². The Hall–Kier alpha value is -2.93. The average molecular weight is 344 g/mol. The van der Waals surface area contributed by atoms with E-state index in [4.69, 9.17) is 21.7 Å². The number of anilines is 1. The Morgan fingerprint density at radius 1 is 1.04 bits per heavy atom. The summed E-state index contributed by atoms with van der Waals surface area (Å²) in [5.74, 6) is -0.0902. The van der Waals surface area contributed by atoms with Gasteiger partial charge in [0.25, 0.3) is 5.91 Å². The number of hydrogen-bond acceptors (Lipinski definition) is 5. The number of rotatable bonds is 4. The topological polar surface area (TPSA) is 76.7 Å². The van der Waals surface area contributed by atoms with Gasteiger partial charge in [-0.25, -0.2) is 0 Å². The number of carbonyl (C=O) groups is 2. The predicted molar refractivity (Wildman–Crippen MR) is 94.4 cm³/mol. The standard InChI is InChI=1S/C17H16N2O4S/c1-11(20)23-15-6-4-3-5-14(15)16(21)19-17(24)18-12-7-9-13(22-2)10-8-12/h3-10H,1-2H3,(H2,18,19,21,24). The zero-order valence-corrected chi connectivity index (χ0v) is 14.0. The van der Waals surface area contributed by atoms with Gasteiger partial charge < -0.3 is 14.8 Å². The zero-order valence-electron chi connectivity index (χ0n) is 13.2. The second kappa shape index (κ2) is 8.07. The van der Waals surface area contributed by atoms with E-state index in [9.17, 15) is 9.59 Å². The van der Waals surface area contributed by atoms with Crippen LogP contribution in [0.4, 0.5) is 5.69 Å². The van der Waals surface area contributed by atoms with Crippen molar-refractivity contribution in [1.82, 2.24) is 5.32 Å². The molecular weight excluding hydrogens is 328 g/mol. The Bertz CT molecular complexity index is 759. The fourth-order valence-electron chi connectivity index (χ4n) is 1.91. The van der Waals surface area contributed by atoms with Crippen LogP contribution in [-0.2, 0) is 4.79 Å². The van der Waals surface area contributed by atoms with Gasteiger partial charge in [0.15, 0.2) is 5.11 Å². The average Bonchev–Trinajstić information content (AvgIpc) is 2.55. The number of ether oxygens (including phenoxy) is 2. The van der Waals surface area contributed by atoms with Crippen molar-refractivity contribution in [2.24, 2.45) is 0 Å². The molecule has 24 heavy (non-hydrogen) atoms. The molecule has 2 N–H and O–H groups in total. The molecule has 7 heteroatoms. The van der Waals surface area contributed by atoms with Crippen molar-refractivity contribution in [3.05, 3.63) is 54.1 Å². The molecule has 0 aliphatic carbocycles. The predicted octanol–water partition coefficient (Wildman–Crippen LogP) is 2.75. The molecule has 0 fully saturated rings. The second-order valence-electron chi connectivity index (χ2n) is 4.73. The molecule has 0 aliphatic heterocycles. The maximum atomic E-state index is 12.3. The molecule has 124 valence electrons. The number of amides is 1. The first-order valence-corrected chi connectivity index (χ1v) is 7.44. The summed E-state index contributed by atoms with van der Waals surface area (Å²) >= 11 is 5.12. The molecule has 0 heterocycles. The summed E-state index contributed by atoms with van der Waals surface area (Å²) in [7, 11) is 1.58. The molecule has 1 amide bonds. The van der Waals surface area contributed by atoms with Crippen LogP contribution >= 0.6 is 12.2 Å². The molecule has 0 aliphatic rings. The summed E-state index contributed by atoms with van der Waals surface area (Å²) in [6, 6.07) is 13.5. The van der Waals surface area contributed by atoms with Crippen LogP contribution in [0.25, 0.3) is 0 Å². The molecule has 0 unspecified atom stereocenters. The largest absolute Gasteiger partial charge is 0.497 e. The maximum Gasteiger partial charge on any atom is 0.308 e. The van der Waals surface area contributed by atoms with E-state index in [1.165, 1.54) is 13.0 Å². The number of thiocarbonyl (C=S) groups is 1. The van der Waals surface area contributed by atoms with Crippen LogP contribution in [0.15, 0.2) is 48.5 Å². The molecule has 0 radical (unpaired) electrons. The van der Waals surface area contributed by atoms with E-state index < -0.39 is 11.9 Å². The third-order valence-electron chi connectivity index (χ3n) is 2.96. The van der Waals surface area contributed by atoms with Gasteiger partial charge in [-0.15, -0.1) is 0 Å². The second-order valence-corrected chi connectivity index (χ2v) is 5.13. The van der Waals surface area contributed by atoms with Gasteiger partial charge in [0.2, 0.25) is 0 Å². The molecule has 2 aromatic carbocycles. The fraction of sp³-hybridized carbons (Fsp3) is 0.118. The number of para-hydroxylation sites is 1. The molecular formula is C17H16N2O4S. The number of benzene rings is 2. The Morgan fingerprint density at radius 2 is 1.71 bits per heavy atom. The van der Waals surface area contributed by atoms with Crippen LogP contribution in [0.5, 0.6) is 11.5 Å². The lowest BCUT2D eigenvalue weighted by Crippen LogP contribution is -2.34. The highest BCUT2D eigenvalue weighted by Crippen LogP contribution is 2.18. The Balaban J connectivity index is 2.03. The van der Waals surface area contributed by atoms with Crippen molar-refractivity contribution in [2.75, 3.05) is 12.4 Å². The van der Waals surface area contributed by atoms with E-state index in [1.54, 1.807) is 49.6 Å². The molecule has 0 atom stereocenters. The van der Waals surface area contributed by atoms with E-state index >= 15 is 0 Å². The minimum absolute atomic E-state index is 0.128. The van der Waals surface area contributed by atoms with Crippen LogP contribution < -0.4 is 20.1 Å². The lowest BCUT2D eigenvalue weighted by molar-refractivity contribution is -0.131. The number of esters is 1. The lowest BCUT2D eigenvalue weighted by atomic mass is 10.2. The van der Waals surface area contributed by atoms with E-state index in [2.05, 4.69) is 10.6 Å². The lowest BCUT2D eigenvalue weighted by Gasteiger charge is -2.12. The summed E-state index contributed by atoms with van der Waals surface area (Å²) in [4.78, 5) is 23.4. The molecule has 0 saturated heterocycles. The molecule has 6 nitrogen and oxygen atoms in total. The highest BCUT2D eigenvalue weighted by molar-refractivity contribution is 7.80. The van der Waals surface area contributed by atoms with Gasteiger partial charge >= 0.3 is 5.97 Å². The van der Waals surface area contributed by atoms with Crippen molar-refractivity contribution in [3.63, 3.8) is 0 Å². The summed E-state index contributed by atoms with van der Waals surface area (Å²) in [5, 5.41) is 5.56. The van der Waals surface area contributed by atoms with Crippen molar-refractivity contribution in [2.45, 2.75) is 6.92 Å². The summed E-state index contributed by atoms with van der Waals surface area (Å²) in [6.07, 6.45) is 0. The first-order valence-electron chi connectivity index (χ1n) is 7.03. The van der Waals surface area contributed by atoms with Crippen LogP contribution in [0.3, 0.4) is 0 Å². The number of methoxy groups -OCH3 is 1. The zero-order chi connectivity index (χ0) is 17.5. The van der Waals surface area contributed by atoms with Crippen LogP contribution in [-0.4, -0.2) is 24.1 Å². The molecule has 2 aromatic rings. The maximum absolute atomic E-state index is 12.3. The number of hydrogen-bond donors (Lipinski definition) is 2. The van der Waals surface area contributed by atoms with Crippen molar-refractivity contribution < 1.29 is 19.1 Å². The van der Waals surface area contributed by atoms with Gasteiger partial charge in [-0.2, -0.15) is 0 Å². The van der Waals surface area contributed by atoms with Crippen molar-refractivity contribution >= 4 is 34.9 Å². The Kier molecular flexibility index (Phi) is 5.86. The molecule has 0 bridgehead atoms. The van der Waals surface area contributed by atoms with Gasteiger partial charge in [0.05, 0.1) is 12.7 Å². The third-order valence-corrected chi connectivity index (χ3v) is 3.16. The van der Waals surface area contributed by atoms with Gasteiger partial charge in [0, 0.05) is 12.6 Å². The van der Waals surface area contributed by atoms with Crippen LogP contribution in [0, 0.1) is 0 Å². The number of carbonyl (C=O) groups excluding carboxylic acids is 2. The Morgan fingerprint density at radius 3 is 2.33 bits per heavy atom. The highest BCUT2D eigenvalue weighted by atomic mass is 32.1. The first kappa shape index (κ1) is 17.4. The first-order chi connectivity index (χ1) is 11.5. The van der Waals surface area contributed by atoms with Crippen molar-refractivity contribution in [3.8, 4) is 11.5 Å². The molecule has 2 rings (SSSR count). The summed E-state index contributed by atoms with van der Waals surface area (Å²) in [5.41, 5.74) is 0.918. The normalized spacial score (nSPS) is 9.75. The van der Waals surface area contributed by atoms with Gasteiger partial charge in [-0.1, -0.05) is 12.1 Å². The van der Waals surface area contributed by atoms with Gasteiger partial charge in [-0.05, 0) is 48.6 Å². The third kappa shape index (κ3) is 4.79. The van der Waals surface area contributed by atoms with Gasteiger partial charge in [0.1, 0.15) is 11.5 Å². The molecule has 0 aromatic heterocycles. The molecule has 0 saturated carbocycles. The van der Waals surface area contributed by atoms with E-state index in [0.29, 0.717) is 11.4 Å². The Labute approximate surface area is 144 Å². The SMILES string of the molecule is COc1ccc(NC(=S)NC(=O)c2ccccc2OC(C)=O)cc1. The minimum Gasteiger partial charge on any atom is -0.497 e. The van der Waals surface area contributed by atoms with Gasteiger partial charge in [-0.3, -0.25) is 14.9 Å². The van der Waals surface area contributed by atoms with E-state index in [-0.39, 0.29) is 16.4 Å². The smallest absolute Gasteiger partial charge is 0.308 e. The number of nitrogens with one attached hydrogen (secondary N) is 2. The monoisotopic (exact) mass is 344 g/mol. The summed E-state index contributed by atoms with van der Waals surface area (Å²) in [6.45, 7) is 1.27. The fourth-order valence-corrected chi connectivity index (χ4v) is 2.12. The summed E-state index contributed by atoms with van der Waals surface area (Å²) < 4.78 is 10.1. The highest BCUT2D eigenvalue weighted by Gasteiger charge is 2.14. The molecule has 0 spiro atoms.